The fraction of sp³-hybridized carbons (Fsp3) is 0.491. The van der Waals surface area contributed by atoms with Gasteiger partial charge in [-0.15, -0.1) is 0 Å². The van der Waals surface area contributed by atoms with Crippen LogP contribution in [-0.2, 0) is 68.5 Å². The van der Waals surface area contributed by atoms with Crippen molar-refractivity contribution < 1.29 is 81.4 Å². The Morgan fingerprint density at radius 3 is 2.05 bits per heavy atom. The van der Waals surface area contributed by atoms with Gasteiger partial charge in [-0.3, -0.25) is 19.2 Å². The molecule has 74 heavy (non-hydrogen) atoms. The van der Waals surface area contributed by atoms with E-state index in [0.29, 0.717) is 5.56 Å². The molecule has 5 aliphatic rings. The maximum absolute atomic E-state index is 15.7. The third kappa shape index (κ3) is 10.1. The van der Waals surface area contributed by atoms with Crippen LogP contribution in [0.3, 0.4) is 0 Å². The Bertz CT molecular complexity index is 2720. The molecule has 19 heteroatoms. The summed E-state index contributed by atoms with van der Waals surface area (Å²) in [5, 5.41) is 18.9. The Morgan fingerprint density at radius 2 is 1.46 bits per heavy atom. The number of rotatable bonds is 14. The lowest BCUT2D eigenvalue weighted by molar-refractivity contribution is -0.323. The molecular weight excluding hydrogens is 961 g/mol. The van der Waals surface area contributed by atoms with Crippen molar-refractivity contribution in [3.05, 3.63) is 119 Å². The predicted molar refractivity (Wildman–Crippen MR) is 258 cm³/mol. The van der Waals surface area contributed by atoms with Gasteiger partial charge in [0.25, 0.3) is 0 Å². The molecule has 1 spiro atoms. The van der Waals surface area contributed by atoms with Gasteiger partial charge in [-0.2, -0.15) is 0 Å². The van der Waals surface area contributed by atoms with Gasteiger partial charge in [0.2, 0.25) is 6.10 Å². The molecule has 0 aromatic heterocycles. The van der Waals surface area contributed by atoms with E-state index >= 15 is 9.59 Å². The Kier molecular flexibility index (Phi) is 14.6. The Morgan fingerprint density at radius 1 is 0.824 bits per heavy atom. The van der Waals surface area contributed by atoms with Crippen molar-refractivity contribution in [2.75, 3.05) is 13.2 Å². The molecule has 1 aliphatic heterocycles. The van der Waals surface area contributed by atoms with E-state index < -0.39 is 137 Å². The van der Waals surface area contributed by atoms with Crippen molar-refractivity contribution >= 4 is 47.8 Å². The van der Waals surface area contributed by atoms with Crippen LogP contribution < -0.4 is 10.6 Å². The first-order valence-electron chi connectivity index (χ1n) is 24.5. The van der Waals surface area contributed by atoms with Crippen LogP contribution in [0.2, 0.25) is 0 Å². The fourth-order valence-corrected chi connectivity index (χ4v) is 11.6. The standard InChI is InChI=1S/C55H62N2O17/c1-30-37(70-48(63)43(41(34-20-14-10-15-21-34)57-50(65)74-51(4,5)6)71-39(60)27-56-49(64)67-28-33-18-12-9-13-19-33)26-55(66)46(72-47(62)35-22-16-11-17-23-35)44-53(45(61)42(69-31(2)58)40(30)52(55,7)8)25-36(53)24-38-54(44,29-68-38)73-32(3)59/h9-23,36-38,41-44,46,66H,24-29H2,1-8H3,(H,56,64)(H,57,65)/t36-,37+,38-,41+,42-,43-,44+,46?,53-,54+,55-/m1/s1. The van der Waals surface area contributed by atoms with Gasteiger partial charge in [-0.05, 0) is 80.9 Å². The number of Topliss-reactive ketones (excluding diaryl/α,β-unsaturated/α-hetero) is 1. The first-order valence-corrected chi connectivity index (χ1v) is 24.5. The largest absolute Gasteiger partial charge is 0.455 e. The zero-order valence-electron chi connectivity index (χ0n) is 42.5. The van der Waals surface area contributed by atoms with E-state index in [9.17, 15) is 33.9 Å². The maximum Gasteiger partial charge on any atom is 0.408 e. The summed E-state index contributed by atoms with van der Waals surface area (Å²) in [6.07, 6.45) is -9.91. The van der Waals surface area contributed by atoms with Crippen molar-refractivity contribution in [1.29, 1.82) is 0 Å². The van der Waals surface area contributed by atoms with Crippen LogP contribution >= 0.6 is 0 Å². The Balaban J connectivity index is 1.22. The number of amides is 2. The number of aliphatic hydroxyl groups is 1. The molecule has 3 saturated carbocycles. The van der Waals surface area contributed by atoms with Crippen LogP contribution in [-0.4, -0.2) is 113 Å². The van der Waals surface area contributed by atoms with E-state index in [4.69, 9.17) is 37.9 Å². The summed E-state index contributed by atoms with van der Waals surface area (Å²) in [5.41, 5.74) is -6.93. The number of fused-ring (bicyclic) bond motifs is 4. The number of ketones is 1. The fourth-order valence-electron chi connectivity index (χ4n) is 11.6. The number of ether oxygens (including phenoxy) is 8. The van der Waals surface area contributed by atoms with E-state index in [1.54, 1.807) is 120 Å². The quantitative estimate of drug-likeness (QED) is 0.0958. The van der Waals surface area contributed by atoms with E-state index in [2.05, 4.69) is 10.6 Å². The van der Waals surface area contributed by atoms with E-state index in [0.717, 1.165) is 6.92 Å². The van der Waals surface area contributed by atoms with Gasteiger partial charge in [0.1, 0.15) is 48.7 Å². The van der Waals surface area contributed by atoms with Gasteiger partial charge in [0.15, 0.2) is 17.5 Å². The molecule has 2 amide bonds. The predicted octanol–water partition coefficient (Wildman–Crippen LogP) is 5.95. The van der Waals surface area contributed by atoms with Crippen LogP contribution in [0.1, 0.15) is 102 Å². The summed E-state index contributed by atoms with van der Waals surface area (Å²) in [7, 11) is 0. The van der Waals surface area contributed by atoms with Gasteiger partial charge in [-0.25, -0.2) is 19.2 Å². The summed E-state index contributed by atoms with van der Waals surface area (Å²) in [6, 6.07) is 23.2. The number of alkyl carbamates (subject to hydrolysis) is 2. The number of benzene rings is 3. The third-order valence-electron chi connectivity index (χ3n) is 15.0. The second kappa shape index (κ2) is 20.3. The zero-order chi connectivity index (χ0) is 53.5. The highest BCUT2D eigenvalue weighted by molar-refractivity contribution is 5.98. The molecule has 3 aromatic rings. The topological polar surface area (TPSA) is 255 Å². The Labute approximate surface area is 427 Å². The summed E-state index contributed by atoms with van der Waals surface area (Å²) in [4.78, 5) is 112. The highest BCUT2D eigenvalue weighted by Gasteiger charge is 2.84. The molecule has 19 nitrogen and oxygen atoms in total. The van der Waals surface area contributed by atoms with Gasteiger partial charge in [0.05, 0.1) is 18.1 Å². The van der Waals surface area contributed by atoms with Gasteiger partial charge in [-0.1, -0.05) is 92.7 Å². The van der Waals surface area contributed by atoms with Crippen LogP contribution in [0, 0.1) is 22.7 Å². The SMILES string of the molecule is CC(=O)O[C@H]1C(=O)[C@]23C[C@H]2C[C@H]2OC[C@@]2(OC(C)=O)[C@H]3C(OC(=O)c2ccccc2)[C@]2(O)C[C@H](OC(=O)[C@H](OC(=O)CNC(=O)OCc3ccccc3)[C@@H](NC(=O)OC(C)(C)C)c3ccccc3)C(C)=C1C2(C)C. The summed E-state index contributed by atoms with van der Waals surface area (Å²) < 4.78 is 47.8. The number of nitrogens with one attached hydrogen (secondary N) is 2. The molecule has 1 saturated heterocycles. The molecule has 4 fully saturated rings. The number of esters is 5. The lowest BCUT2D eigenvalue weighted by Crippen LogP contribution is -2.78. The van der Waals surface area contributed by atoms with E-state index in [1.165, 1.54) is 19.1 Å². The summed E-state index contributed by atoms with van der Waals surface area (Å²) in [5.74, 6) is -7.24. The Hall–Kier alpha value is -7.12. The van der Waals surface area contributed by atoms with Crippen LogP contribution in [0.15, 0.2) is 102 Å². The second-order valence-electron chi connectivity index (χ2n) is 21.2. The smallest absolute Gasteiger partial charge is 0.408 e. The molecular formula is C55H62N2O17. The monoisotopic (exact) mass is 1020 g/mol. The molecule has 2 bridgehead atoms. The highest BCUT2D eigenvalue weighted by atomic mass is 16.6. The molecule has 394 valence electrons. The van der Waals surface area contributed by atoms with Crippen LogP contribution in [0.4, 0.5) is 9.59 Å². The zero-order valence-corrected chi connectivity index (χ0v) is 42.5. The first kappa shape index (κ1) is 53.2. The average molecular weight is 1020 g/mol. The molecule has 3 aromatic carbocycles. The van der Waals surface area contributed by atoms with Crippen molar-refractivity contribution in [3.63, 3.8) is 0 Å². The molecule has 0 radical (unpaired) electrons. The lowest BCUT2D eigenvalue weighted by atomic mass is 9.48. The highest BCUT2D eigenvalue weighted by Crippen LogP contribution is 2.74. The van der Waals surface area contributed by atoms with Crippen LogP contribution in [0.5, 0.6) is 0 Å². The first-order chi connectivity index (χ1) is 34.9. The minimum atomic E-state index is -2.37. The van der Waals surface area contributed by atoms with Crippen molar-refractivity contribution in [2.45, 2.75) is 135 Å². The number of carbonyl (C=O) groups is 8. The van der Waals surface area contributed by atoms with Crippen molar-refractivity contribution in [2.24, 2.45) is 22.7 Å². The summed E-state index contributed by atoms with van der Waals surface area (Å²) in [6.45, 7) is 10.7. The van der Waals surface area contributed by atoms with Gasteiger partial charge >= 0.3 is 42.0 Å². The van der Waals surface area contributed by atoms with Crippen LogP contribution in [0.25, 0.3) is 0 Å². The molecule has 3 N–H and O–H groups in total. The van der Waals surface area contributed by atoms with Crippen molar-refractivity contribution in [3.8, 4) is 0 Å². The normalized spacial score (nSPS) is 29.0. The number of hydrogen-bond acceptors (Lipinski definition) is 17. The van der Waals surface area contributed by atoms with E-state index in [1.807, 2.05) is 0 Å². The average Bonchev–Trinajstić information content (AvgIpc) is 4.07. The molecule has 1 unspecified atom stereocenters. The minimum absolute atomic E-state index is 0.0512. The second-order valence-corrected chi connectivity index (χ2v) is 21.2. The number of hydrogen-bond donors (Lipinski definition) is 3. The van der Waals surface area contributed by atoms with E-state index in [-0.39, 0.29) is 48.3 Å². The van der Waals surface area contributed by atoms with Crippen molar-refractivity contribution in [1.82, 2.24) is 10.6 Å². The lowest BCUT2D eigenvalue weighted by Gasteiger charge is -2.64. The molecule has 8 rings (SSSR count). The molecule has 4 aliphatic carbocycles. The number of carbonyl (C=O) groups excluding carboxylic acids is 8. The van der Waals surface area contributed by atoms with Gasteiger partial charge in [0, 0.05) is 31.1 Å². The van der Waals surface area contributed by atoms with Gasteiger partial charge < -0.3 is 53.6 Å². The third-order valence-corrected chi connectivity index (χ3v) is 15.0. The summed E-state index contributed by atoms with van der Waals surface area (Å²) >= 11 is 0. The maximum atomic E-state index is 15.7. The molecule has 11 atom stereocenters. The molecule has 1 heterocycles. The minimum Gasteiger partial charge on any atom is -0.455 e.